The van der Waals surface area contributed by atoms with Gasteiger partial charge in [-0.05, 0) is 30.7 Å². The fourth-order valence-electron chi connectivity index (χ4n) is 2.03. The molecule has 0 saturated carbocycles. The van der Waals surface area contributed by atoms with Gasteiger partial charge in [0.25, 0.3) is 5.91 Å². The molecule has 1 aromatic heterocycles. The molecular formula is C11H14ClNO2S. The average molecular weight is 260 g/mol. The molecule has 3 nitrogen and oxygen atoms in total. The maximum absolute atomic E-state index is 12.2. The summed E-state index contributed by atoms with van der Waals surface area (Å²) in [6.07, 6.45) is 2.96. The van der Waals surface area contributed by atoms with Crippen LogP contribution in [-0.2, 0) is 0 Å². The van der Waals surface area contributed by atoms with Crippen LogP contribution in [0, 0.1) is 0 Å². The van der Waals surface area contributed by atoms with Crippen LogP contribution in [0.25, 0.3) is 0 Å². The predicted octanol–water partition coefficient (Wildman–Crippen LogP) is 2.39. The highest BCUT2D eigenvalue weighted by molar-refractivity contribution is 7.12. The van der Waals surface area contributed by atoms with E-state index >= 15 is 0 Å². The first-order chi connectivity index (χ1) is 7.74. The molecule has 1 aliphatic heterocycles. The molecule has 0 aromatic carbocycles. The summed E-state index contributed by atoms with van der Waals surface area (Å²) in [4.78, 5) is 14.5. The van der Waals surface area contributed by atoms with Crippen molar-refractivity contribution in [2.24, 2.45) is 0 Å². The number of aliphatic hydroxyl groups excluding tert-OH is 1. The van der Waals surface area contributed by atoms with E-state index in [-0.39, 0.29) is 18.6 Å². The van der Waals surface area contributed by atoms with Gasteiger partial charge in [-0.15, -0.1) is 11.3 Å². The third kappa shape index (κ3) is 2.24. The number of amides is 1. The second-order valence-electron chi connectivity index (χ2n) is 3.93. The number of rotatable bonds is 2. The lowest BCUT2D eigenvalue weighted by Gasteiger charge is -2.34. The van der Waals surface area contributed by atoms with Crippen molar-refractivity contribution in [3.8, 4) is 0 Å². The zero-order valence-corrected chi connectivity index (χ0v) is 10.4. The molecule has 1 unspecified atom stereocenters. The number of hydrogen-bond acceptors (Lipinski definition) is 3. The number of piperidine rings is 1. The maximum Gasteiger partial charge on any atom is 0.265 e. The molecule has 2 heterocycles. The van der Waals surface area contributed by atoms with Gasteiger partial charge in [0.05, 0.1) is 17.7 Å². The molecule has 1 aromatic rings. The Kier molecular flexibility index (Phi) is 3.84. The van der Waals surface area contributed by atoms with Crippen LogP contribution < -0.4 is 0 Å². The van der Waals surface area contributed by atoms with Crippen molar-refractivity contribution < 1.29 is 9.90 Å². The van der Waals surface area contributed by atoms with Crippen LogP contribution in [-0.4, -0.2) is 35.1 Å². The van der Waals surface area contributed by atoms with Gasteiger partial charge in [0, 0.05) is 6.54 Å². The highest BCUT2D eigenvalue weighted by Crippen LogP contribution is 2.26. The molecule has 2 rings (SSSR count). The normalized spacial score (nSPS) is 21.1. The number of halogens is 1. The minimum atomic E-state index is -0.0428. The Labute approximate surface area is 104 Å². The second-order valence-corrected chi connectivity index (χ2v) is 5.25. The number of thiophene rings is 1. The summed E-state index contributed by atoms with van der Waals surface area (Å²) in [6.45, 7) is 0.757. The number of carbonyl (C=O) groups is 1. The van der Waals surface area contributed by atoms with Crippen LogP contribution >= 0.6 is 22.9 Å². The SMILES string of the molecule is O=C(c1sccc1Cl)N1CCCCC1CO. The first-order valence-electron chi connectivity index (χ1n) is 5.39. The van der Waals surface area contributed by atoms with Crippen LogP contribution in [0.4, 0.5) is 0 Å². The molecule has 0 radical (unpaired) electrons. The van der Waals surface area contributed by atoms with E-state index in [9.17, 15) is 9.90 Å². The van der Waals surface area contributed by atoms with Gasteiger partial charge in [0.1, 0.15) is 4.88 Å². The molecule has 0 spiro atoms. The lowest BCUT2D eigenvalue weighted by atomic mass is 10.0. The fourth-order valence-corrected chi connectivity index (χ4v) is 3.13. The standard InChI is InChI=1S/C11H14ClNO2S/c12-9-4-6-16-10(9)11(15)13-5-2-1-3-8(13)7-14/h4,6,8,14H,1-3,5,7H2. The van der Waals surface area contributed by atoms with Crippen LogP contribution in [0.3, 0.4) is 0 Å². The third-order valence-corrected chi connectivity index (χ3v) is 4.24. The molecule has 16 heavy (non-hydrogen) atoms. The van der Waals surface area contributed by atoms with E-state index in [1.807, 2.05) is 5.38 Å². The topological polar surface area (TPSA) is 40.5 Å². The van der Waals surface area contributed by atoms with E-state index in [2.05, 4.69) is 0 Å². The smallest absolute Gasteiger partial charge is 0.265 e. The van der Waals surface area contributed by atoms with Crippen LogP contribution in [0.1, 0.15) is 28.9 Å². The molecular weight excluding hydrogens is 246 g/mol. The molecule has 1 aliphatic rings. The van der Waals surface area contributed by atoms with Gasteiger partial charge >= 0.3 is 0 Å². The summed E-state index contributed by atoms with van der Waals surface area (Å²) in [6, 6.07) is 1.69. The van der Waals surface area contributed by atoms with Gasteiger partial charge < -0.3 is 10.0 Å². The highest BCUT2D eigenvalue weighted by Gasteiger charge is 2.28. The summed E-state index contributed by atoms with van der Waals surface area (Å²) in [7, 11) is 0. The fraction of sp³-hybridized carbons (Fsp3) is 0.545. The lowest BCUT2D eigenvalue weighted by Crippen LogP contribution is -2.45. The van der Waals surface area contributed by atoms with E-state index < -0.39 is 0 Å². The van der Waals surface area contributed by atoms with E-state index in [4.69, 9.17) is 11.6 Å². The number of hydrogen-bond donors (Lipinski definition) is 1. The first-order valence-corrected chi connectivity index (χ1v) is 6.64. The Hall–Kier alpha value is -0.580. The summed E-state index contributed by atoms with van der Waals surface area (Å²) >= 11 is 7.30. The second kappa shape index (κ2) is 5.17. The number of carbonyl (C=O) groups excluding carboxylic acids is 1. The van der Waals surface area contributed by atoms with Crippen LogP contribution in [0.2, 0.25) is 5.02 Å². The maximum atomic E-state index is 12.2. The van der Waals surface area contributed by atoms with Crippen molar-refractivity contribution in [1.29, 1.82) is 0 Å². The Morgan fingerprint density at radius 2 is 2.44 bits per heavy atom. The van der Waals surface area contributed by atoms with E-state index in [1.54, 1.807) is 11.0 Å². The van der Waals surface area contributed by atoms with Gasteiger partial charge in [-0.2, -0.15) is 0 Å². The molecule has 1 fully saturated rings. The largest absolute Gasteiger partial charge is 0.394 e. The van der Waals surface area contributed by atoms with Gasteiger partial charge in [-0.1, -0.05) is 11.6 Å². The van der Waals surface area contributed by atoms with E-state index in [0.29, 0.717) is 9.90 Å². The molecule has 5 heteroatoms. The van der Waals surface area contributed by atoms with Crippen molar-refractivity contribution in [1.82, 2.24) is 4.90 Å². The molecule has 1 saturated heterocycles. The van der Waals surface area contributed by atoms with E-state index in [0.717, 1.165) is 25.8 Å². The van der Waals surface area contributed by atoms with Gasteiger partial charge in [-0.25, -0.2) is 0 Å². The Balaban J connectivity index is 2.17. The van der Waals surface area contributed by atoms with Crippen LogP contribution in [0.15, 0.2) is 11.4 Å². The molecule has 1 N–H and O–H groups in total. The monoisotopic (exact) mass is 259 g/mol. The zero-order chi connectivity index (χ0) is 11.5. The average Bonchev–Trinajstić information content (AvgIpc) is 2.74. The Bertz CT molecular complexity index is 380. The van der Waals surface area contributed by atoms with Gasteiger partial charge in [-0.3, -0.25) is 4.79 Å². The first kappa shape index (κ1) is 11.9. The van der Waals surface area contributed by atoms with Crippen molar-refractivity contribution in [2.45, 2.75) is 25.3 Å². The minimum absolute atomic E-state index is 0.0364. The molecule has 1 atom stereocenters. The van der Waals surface area contributed by atoms with Crippen molar-refractivity contribution >= 4 is 28.8 Å². The van der Waals surface area contributed by atoms with Crippen LogP contribution in [0.5, 0.6) is 0 Å². The van der Waals surface area contributed by atoms with E-state index in [1.165, 1.54) is 11.3 Å². The van der Waals surface area contributed by atoms with Crippen molar-refractivity contribution in [3.63, 3.8) is 0 Å². The molecule has 0 aliphatic carbocycles. The lowest BCUT2D eigenvalue weighted by molar-refractivity contribution is 0.0508. The highest BCUT2D eigenvalue weighted by atomic mass is 35.5. The summed E-state index contributed by atoms with van der Waals surface area (Å²) in [5, 5.41) is 11.6. The molecule has 0 bridgehead atoms. The van der Waals surface area contributed by atoms with Crippen molar-refractivity contribution in [3.05, 3.63) is 21.3 Å². The minimum Gasteiger partial charge on any atom is -0.394 e. The Morgan fingerprint density at radius 1 is 1.62 bits per heavy atom. The summed E-state index contributed by atoms with van der Waals surface area (Å²) < 4.78 is 0. The van der Waals surface area contributed by atoms with Crippen molar-refractivity contribution in [2.75, 3.05) is 13.2 Å². The zero-order valence-electron chi connectivity index (χ0n) is 8.86. The van der Waals surface area contributed by atoms with Gasteiger partial charge in [0.15, 0.2) is 0 Å². The predicted molar refractivity (Wildman–Crippen MR) is 65.1 cm³/mol. The number of likely N-dealkylation sites (tertiary alicyclic amines) is 1. The third-order valence-electron chi connectivity index (χ3n) is 2.91. The summed E-state index contributed by atoms with van der Waals surface area (Å²) in [5.74, 6) is -0.0428. The molecule has 88 valence electrons. The number of nitrogens with zero attached hydrogens (tertiary/aromatic N) is 1. The molecule has 1 amide bonds. The quantitative estimate of drug-likeness (QED) is 0.886. The number of aliphatic hydroxyl groups is 1. The summed E-state index contributed by atoms with van der Waals surface area (Å²) in [5.41, 5.74) is 0. The van der Waals surface area contributed by atoms with Gasteiger partial charge in [0.2, 0.25) is 0 Å². The Morgan fingerprint density at radius 3 is 3.06 bits per heavy atom.